The van der Waals surface area contributed by atoms with Gasteiger partial charge in [-0.15, -0.1) is 0 Å². The molecule has 0 aromatic carbocycles. The molecule has 12 heavy (non-hydrogen) atoms. The second-order valence-corrected chi connectivity index (χ2v) is 3.90. The normalized spacial score (nSPS) is 41.8. The van der Waals surface area contributed by atoms with Crippen LogP contribution in [0.4, 0.5) is 12.9 Å². The highest BCUT2D eigenvalue weighted by molar-refractivity contribution is 6.63. The maximum atomic E-state index is 12.5. The van der Waals surface area contributed by atoms with Gasteiger partial charge in [0.05, 0.1) is 0 Å². The molecule has 1 heterocycles. The molecule has 2 unspecified atom stereocenters. The highest BCUT2D eigenvalue weighted by Crippen LogP contribution is 2.69. The van der Waals surface area contributed by atoms with E-state index in [0.717, 1.165) is 6.42 Å². The maximum absolute atomic E-state index is 12.5. The zero-order chi connectivity index (χ0) is 8.82. The van der Waals surface area contributed by atoms with Crippen molar-refractivity contribution in [2.45, 2.75) is 24.6 Å². The molecule has 5 heteroatoms. The minimum atomic E-state index is -4.69. The summed E-state index contributed by atoms with van der Waals surface area (Å²) in [5.74, 6) is -0.125. The highest BCUT2D eigenvalue weighted by Gasteiger charge is 2.65. The Bertz CT molecular complexity index is 194. The van der Waals surface area contributed by atoms with Gasteiger partial charge >= 0.3 is 6.98 Å². The molecule has 0 radical (unpaired) electrons. The Kier molecular flexibility index (Phi) is 1.69. The highest BCUT2D eigenvalue weighted by atomic mass is 19.4. The van der Waals surface area contributed by atoms with E-state index < -0.39 is 12.3 Å². The molecular weight excluding hydrogens is 168 g/mol. The third kappa shape index (κ3) is 1.06. The first kappa shape index (κ1) is 8.41. The minimum absolute atomic E-state index is 0.0822. The van der Waals surface area contributed by atoms with E-state index in [4.69, 9.17) is 4.74 Å². The lowest BCUT2D eigenvalue weighted by atomic mass is 9.67. The summed E-state index contributed by atoms with van der Waals surface area (Å²) in [6.45, 7) is -4.27. The van der Waals surface area contributed by atoms with E-state index >= 15 is 0 Å². The quantitative estimate of drug-likeness (QED) is 0.561. The average molecular weight is 179 g/mol. The van der Waals surface area contributed by atoms with Gasteiger partial charge in [0, 0.05) is 13.2 Å². The smallest absolute Gasteiger partial charge is 0.448 e. The second kappa shape index (κ2) is 2.40. The molecule has 2 fully saturated rings. The summed E-state index contributed by atoms with van der Waals surface area (Å²) in [6.07, 6.45) is 1.80. The largest absolute Gasteiger partial charge is 0.486 e. The molecule has 1 aliphatic carbocycles. The van der Waals surface area contributed by atoms with Crippen molar-refractivity contribution in [1.82, 2.24) is 0 Å². The molecule has 1 saturated carbocycles. The van der Waals surface area contributed by atoms with Gasteiger partial charge in [-0.2, -0.15) is 0 Å². The molecule has 0 N–H and O–H groups in total. The van der Waals surface area contributed by atoms with Gasteiger partial charge in [-0.3, -0.25) is 0 Å². The van der Waals surface area contributed by atoms with Gasteiger partial charge in [0.2, 0.25) is 0 Å². The van der Waals surface area contributed by atoms with Crippen molar-refractivity contribution >= 4 is 6.98 Å². The Morgan fingerprint density at radius 1 is 1.33 bits per heavy atom. The molecule has 70 valence electrons. The fraction of sp³-hybridized carbons (Fsp3) is 1.00. The molecule has 0 bridgehead atoms. The fourth-order valence-electron chi connectivity index (χ4n) is 2.16. The van der Waals surface area contributed by atoms with Crippen LogP contribution in [0.2, 0.25) is 5.31 Å². The van der Waals surface area contributed by atoms with Gasteiger partial charge < -0.3 is 17.7 Å². The van der Waals surface area contributed by atoms with E-state index in [0.29, 0.717) is 19.4 Å². The van der Waals surface area contributed by atoms with Crippen LogP contribution in [0.25, 0.3) is 0 Å². The van der Waals surface area contributed by atoms with E-state index in [2.05, 4.69) is 0 Å². The summed E-state index contributed by atoms with van der Waals surface area (Å²) in [7, 11) is 0. The predicted molar refractivity (Wildman–Crippen MR) is 39.9 cm³/mol. The molecule has 0 spiro atoms. The number of rotatable bonds is 1. The maximum Gasteiger partial charge on any atom is 0.486 e. The number of fused-ring (bicyclic) bond motifs is 1. The summed E-state index contributed by atoms with van der Waals surface area (Å²) in [5, 5.41) is -1.39. The molecular formula is C7H11BF3O-. The molecule has 2 aliphatic rings. The van der Waals surface area contributed by atoms with E-state index in [1.807, 2.05) is 0 Å². The van der Waals surface area contributed by atoms with E-state index in [-0.39, 0.29) is 12.5 Å². The SMILES string of the molecule is F[B-](F)(F)C12COCCCC1C2. The van der Waals surface area contributed by atoms with Crippen LogP contribution in [0.5, 0.6) is 0 Å². The third-order valence-corrected chi connectivity index (χ3v) is 3.14. The minimum Gasteiger partial charge on any atom is -0.448 e. The molecule has 1 aliphatic heterocycles. The summed E-state index contributed by atoms with van der Waals surface area (Å²) in [4.78, 5) is 0. The Morgan fingerprint density at radius 2 is 2.08 bits per heavy atom. The van der Waals surface area contributed by atoms with Crippen LogP contribution in [-0.2, 0) is 4.74 Å². The van der Waals surface area contributed by atoms with Crippen molar-refractivity contribution in [3.63, 3.8) is 0 Å². The van der Waals surface area contributed by atoms with E-state index in [1.165, 1.54) is 0 Å². The zero-order valence-corrected chi connectivity index (χ0v) is 6.73. The van der Waals surface area contributed by atoms with Crippen LogP contribution in [0.3, 0.4) is 0 Å². The molecule has 1 nitrogen and oxygen atoms in total. The van der Waals surface area contributed by atoms with E-state index in [1.54, 1.807) is 0 Å². The van der Waals surface area contributed by atoms with Gasteiger partial charge in [0.25, 0.3) is 0 Å². The molecule has 2 rings (SSSR count). The van der Waals surface area contributed by atoms with Crippen molar-refractivity contribution in [3.8, 4) is 0 Å². The van der Waals surface area contributed by atoms with Gasteiger partial charge in [-0.05, 0) is 11.7 Å². The van der Waals surface area contributed by atoms with Crippen molar-refractivity contribution < 1.29 is 17.7 Å². The molecule has 0 amide bonds. The van der Waals surface area contributed by atoms with Crippen LogP contribution in [0, 0.1) is 5.92 Å². The molecule has 0 aromatic heterocycles. The third-order valence-electron chi connectivity index (χ3n) is 3.14. The van der Waals surface area contributed by atoms with Crippen molar-refractivity contribution in [2.24, 2.45) is 5.92 Å². The van der Waals surface area contributed by atoms with Crippen molar-refractivity contribution in [2.75, 3.05) is 13.2 Å². The standard InChI is InChI=1S/C7H11BF3O/c9-8(10,11)7-4-6(7)2-1-3-12-5-7/h6H,1-5H2/q-1. The fourth-order valence-corrected chi connectivity index (χ4v) is 2.16. The first-order chi connectivity index (χ1) is 5.56. The van der Waals surface area contributed by atoms with Crippen molar-refractivity contribution in [1.29, 1.82) is 0 Å². The first-order valence-electron chi connectivity index (χ1n) is 4.33. The Labute approximate surface area is 69.3 Å². The topological polar surface area (TPSA) is 9.23 Å². The summed E-state index contributed by atoms with van der Waals surface area (Å²) in [6, 6.07) is 0. The number of hydrogen-bond acceptors (Lipinski definition) is 1. The summed E-state index contributed by atoms with van der Waals surface area (Å²) < 4.78 is 42.6. The average Bonchev–Trinajstić information content (AvgIpc) is 2.55. The number of ether oxygens (including phenoxy) is 1. The lowest BCUT2D eigenvalue weighted by Crippen LogP contribution is -2.30. The van der Waals surface area contributed by atoms with Crippen LogP contribution < -0.4 is 0 Å². The van der Waals surface area contributed by atoms with Gasteiger partial charge in [0.15, 0.2) is 0 Å². The zero-order valence-electron chi connectivity index (χ0n) is 6.73. The summed E-state index contributed by atoms with van der Waals surface area (Å²) in [5.41, 5.74) is 0. The van der Waals surface area contributed by atoms with Crippen LogP contribution in [0.15, 0.2) is 0 Å². The molecule has 2 atom stereocenters. The number of hydrogen-bond donors (Lipinski definition) is 0. The van der Waals surface area contributed by atoms with Gasteiger partial charge in [0.1, 0.15) is 0 Å². The summed E-state index contributed by atoms with van der Waals surface area (Å²) >= 11 is 0. The lowest BCUT2D eigenvalue weighted by molar-refractivity contribution is 0.125. The molecule has 1 saturated heterocycles. The lowest BCUT2D eigenvalue weighted by Gasteiger charge is -2.26. The van der Waals surface area contributed by atoms with E-state index in [9.17, 15) is 12.9 Å². The van der Waals surface area contributed by atoms with Gasteiger partial charge in [-0.25, -0.2) is 0 Å². The predicted octanol–water partition coefficient (Wildman–Crippen LogP) is 2.40. The monoisotopic (exact) mass is 179 g/mol. The Hall–Kier alpha value is -0.185. The number of halogens is 3. The first-order valence-corrected chi connectivity index (χ1v) is 4.33. The van der Waals surface area contributed by atoms with Gasteiger partial charge in [-0.1, -0.05) is 18.8 Å². The van der Waals surface area contributed by atoms with Crippen LogP contribution in [-0.4, -0.2) is 20.2 Å². The van der Waals surface area contributed by atoms with Crippen LogP contribution >= 0.6 is 0 Å². The Morgan fingerprint density at radius 3 is 2.75 bits per heavy atom. The second-order valence-electron chi connectivity index (χ2n) is 3.90. The van der Waals surface area contributed by atoms with Crippen molar-refractivity contribution in [3.05, 3.63) is 0 Å². The van der Waals surface area contributed by atoms with Crippen LogP contribution in [0.1, 0.15) is 19.3 Å². The Balaban J connectivity index is 2.12. The molecule has 0 aromatic rings.